The van der Waals surface area contributed by atoms with Gasteiger partial charge in [0.25, 0.3) is 5.56 Å². The number of pyridine rings is 1. The number of aromatic amines is 1. The second kappa shape index (κ2) is 10.8. The Labute approximate surface area is 181 Å². The number of para-hydroxylation sites is 1. The van der Waals surface area contributed by atoms with Gasteiger partial charge in [0.1, 0.15) is 0 Å². The summed E-state index contributed by atoms with van der Waals surface area (Å²) in [5, 5.41) is 3.77. The molecule has 1 aromatic carbocycles. The number of aromatic nitrogens is 1. The fourth-order valence-corrected chi connectivity index (χ4v) is 5.17. The number of anilines is 1. The first kappa shape index (κ1) is 21.2. The molecule has 0 amide bonds. The molecular formula is C26H37N3O. The summed E-state index contributed by atoms with van der Waals surface area (Å²) in [6, 6.07) is 12.8. The molecule has 0 spiro atoms. The number of nitrogens with zero attached hydrogens (tertiary/aromatic N) is 1. The van der Waals surface area contributed by atoms with E-state index in [1.54, 1.807) is 6.20 Å². The van der Waals surface area contributed by atoms with Crippen LogP contribution in [-0.2, 0) is 13.0 Å². The lowest BCUT2D eigenvalue weighted by atomic mass is 9.88. The third-order valence-electron chi connectivity index (χ3n) is 7.15. The van der Waals surface area contributed by atoms with Crippen LogP contribution >= 0.6 is 0 Å². The highest BCUT2D eigenvalue weighted by molar-refractivity contribution is 5.51. The van der Waals surface area contributed by atoms with Gasteiger partial charge in [0, 0.05) is 30.5 Å². The topological polar surface area (TPSA) is 48.1 Å². The van der Waals surface area contributed by atoms with E-state index in [1.165, 1.54) is 62.6 Å². The normalized spacial score (nSPS) is 19.1. The van der Waals surface area contributed by atoms with Crippen molar-refractivity contribution in [1.82, 2.24) is 9.88 Å². The maximum Gasteiger partial charge on any atom is 0.252 e. The first-order chi connectivity index (χ1) is 14.8. The zero-order valence-corrected chi connectivity index (χ0v) is 18.2. The van der Waals surface area contributed by atoms with Crippen molar-refractivity contribution in [3.05, 3.63) is 64.1 Å². The predicted octanol–water partition coefficient (Wildman–Crippen LogP) is 5.21. The Kier molecular flexibility index (Phi) is 7.63. The lowest BCUT2D eigenvalue weighted by Crippen LogP contribution is -2.35. The van der Waals surface area contributed by atoms with E-state index in [1.807, 2.05) is 12.1 Å². The molecule has 1 saturated heterocycles. The van der Waals surface area contributed by atoms with Crippen LogP contribution in [0.25, 0.3) is 0 Å². The second-order valence-corrected chi connectivity index (χ2v) is 9.32. The smallest absolute Gasteiger partial charge is 0.252 e. The summed E-state index contributed by atoms with van der Waals surface area (Å²) < 4.78 is 0. The molecule has 4 nitrogen and oxygen atoms in total. The summed E-state index contributed by atoms with van der Waals surface area (Å²) in [5.74, 6) is 1.65. The van der Waals surface area contributed by atoms with E-state index in [-0.39, 0.29) is 5.56 Å². The quantitative estimate of drug-likeness (QED) is 0.631. The Morgan fingerprint density at radius 1 is 0.900 bits per heavy atom. The van der Waals surface area contributed by atoms with Gasteiger partial charge in [-0.1, -0.05) is 43.5 Å². The van der Waals surface area contributed by atoms with E-state index in [0.29, 0.717) is 0 Å². The van der Waals surface area contributed by atoms with E-state index in [4.69, 9.17) is 0 Å². The SMILES string of the molecule is O=c1[nH]cccc1CN1CCC(CCc2ccccc2NCC2CCCCC2)CC1. The first-order valence-corrected chi connectivity index (χ1v) is 12.0. The van der Waals surface area contributed by atoms with Crippen LogP contribution in [-0.4, -0.2) is 29.5 Å². The van der Waals surface area contributed by atoms with Gasteiger partial charge in [-0.05, 0) is 81.1 Å². The molecule has 0 radical (unpaired) electrons. The molecule has 4 rings (SSSR count). The van der Waals surface area contributed by atoms with Crippen molar-refractivity contribution in [3.8, 4) is 0 Å². The van der Waals surface area contributed by atoms with Crippen LogP contribution < -0.4 is 10.9 Å². The fourth-order valence-electron chi connectivity index (χ4n) is 5.17. The fraction of sp³-hybridized carbons (Fsp3) is 0.577. The summed E-state index contributed by atoms with van der Waals surface area (Å²) in [4.78, 5) is 17.1. The van der Waals surface area contributed by atoms with Crippen LogP contribution in [0.2, 0.25) is 0 Å². The summed E-state index contributed by atoms with van der Waals surface area (Å²) in [6.07, 6.45) is 13.6. The van der Waals surface area contributed by atoms with Crippen molar-refractivity contribution in [2.24, 2.45) is 11.8 Å². The molecular weight excluding hydrogens is 370 g/mol. The van der Waals surface area contributed by atoms with Crippen molar-refractivity contribution in [2.45, 2.75) is 64.3 Å². The predicted molar refractivity (Wildman–Crippen MR) is 125 cm³/mol. The van der Waals surface area contributed by atoms with Gasteiger partial charge < -0.3 is 10.3 Å². The van der Waals surface area contributed by atoms with E-state index in [9.17, 15) is 4.79 Å². The molecule has 0 atom stereocenters. The minimum absolute atomic E-state index is 0.0527. The van der Waals surface area contributed by atoms with Crippen LogP contribution in [0.5, 0.6) is 0 Å². The Bertz CT molecular complexity index is 832. The van der Waals surface area contributed by atoms with Crippen LogP contribution in [0.1, 0.15) is 62.5 Å². The zero-order chi connectivity index (χ0) is 20.6. The molecule has 0 bridgehead atoms. The van der Waals surface area contributed by atoms with Gasteiger partial charge in [-0.3, -0.25) is 9.69 Å². The van der Waals surface area contributed by atoms with Crippen LogP contribution in [0.3, 0.4) is 0 Å². The van der Waals surface area contributed by atoms with Gasteiger partial charge >= 0.3 is 0 Å². The summed E-state index contributed by atoms with van der Waals surface area (Å²) in [7, 11) is 0. The number of piperidine rings is 1. The zero-order valence-electron chi connectivity index (χ0n) is 18.2. The largest absolute Gasteiger partial charge is 0.385 e. The van der Waals surface area contributed by atoms with Crippen LogP contribution in [0, 0.1) is 11.8 Å². The lowest BCUT2D eigenvalue weighted by molar-refractivity contribution is 0.172. The highest BCUT2D eigenvalue weighted by atomic mass is 16.1. The molecule has 0 unspecified atom stereocenters. The molecule has 2 aromatic rings. The lowest BCUT2D eigenvalue weighted by Gasteiger charge is -2.32. The average Bonchev–Trinajstić information content (AvgIpc) is 2.80. The maximum absolute atomic E-state index is 11.9. The Hall–Kier alpha value is -2.07. The number of hydrogen-bond donors (Lipinski definition) is 2. The van der Waals surface area contributed by atoms with Gasteiger partial charge in [-0.15, -0.1) is 0 Å². The van der Waals surface area contributed by atoms with Gasteiger partial charge in [-0.2, -0.15) is 0 Å². The summed E-state index contributed by atoms with van der Waals surface area (Å²) in [5.41, 5.74) is 3.77. The molecule has 2 N–H and O–H groups in total. The third-order valence-corrected chi connectivity index (χ3v) is 7.15. The van der Waals surface area contributed by atoms with Crippen molar-refractivity contribution < 1.29 is 0 Å². The molecule has 1 aromatic heterocycles. The molecule has 30 heavy (non-hydrogen) atoms. The highest BCUT2D eigenvalue weighted by Gasteiger charge is 2.20. The number of hydrogen-bond acceptors (Lipinski definition) is 3. The summed E-state index contributed by atoms with van der Waals surface area (Å²) >= 11 is 0. The number of aryl methyl sites for hydroxylation is 1. The van der Waals surface area contributed by atoms with Crippen molar-refractivity contribution in [3.63, 3.8) is 0 Å². The van der Waals surface area contributed by atoms with Gasteiger partial charge in [0.05, 0.1) is 0 Å². The maximum atomic E-state index is 11.9. The number of benzene rings is 1. The van der Waals surface area contributed by atoms with Crippen molar-refractivity contribution >= 4 is 5.69 Å². The van der Waals surface area contributed by atoms with E-state index in [0.717, 1.165) is 50.0 Å². The third kappa shape index (κ3) is 5.98. The first-order valence-electron chi connectivity index (χ1n) is 12.0. The second-order valence-electron chi connectivity index (χ2n) is 9.32. The van der Waals surface area contributed by atoms with Gasteiger partial charge in [0.2, 0.25) is 0 Å². The molecule has 1 aliphatic carbocycles. The molecule has 2 fully saturated rings. The van der Waals surface area contributed by atoms with E-state index in [2.05, 4.69) is 39.5 Å². The number of nitrogens with one attached hydrogen (secondary N) is 2. The molecule has 1 aliphatic heterocycles. The Balaban J connectivity index is 1.22. The Morgan fingerprint density at radius 2 is 1.67 bits per heavy atom. The molecule has 2 heterocycles. The highest BCUT2D eigenvalue weighted by Crippen LogP contribution is 2.27. The molecule has 162 valence electrons. The molecule has 4 heteroatoms. The van der Waals surface area contributed by atoms with Crippen molar-refractivity contribution in [1.29, 1.82) is 0 Å². The number of rotatable bonds is 8. The molecule has 1 saturated carbocycles. The van der Waals surface area contributed by atoms with Crippen LogP contribution in [0.4, 0.5) is 5.69 Å². The van der Waals surface area contributed by atoms with Gasteiger partial charge in [-0.25, -0.2) is 0 Å². The monoisotopic (exact) mass is 407 g/mol. The average molecular weight is 408 g/mol. The minimum atomic E-state index is 0.0527. The standard InChI is InChI=1S/C26H37N3O/c30-26-24(10-6-16-27-26)20-29-17-14-21(15-18-29)12-13-23-9-4-5-11-25(23)28-19-22-7-2-1-3-8-22/h4-6,9-11,16,21-22,28H,1-3,7-8,12-15,17-20H2,(H,27,30). The Morgan fingerprint density at radius 3 is 2.47 bits per heavy atom. The van der Waals surface area contributed by atoms with Crippen molar-refractivity contribution in [2.75, 3.05) is 25.0 Å². The van der Waals surface area contributed by atoms with Gasteiger partial charge in [0.15, 0.2) is 0 Å². The summed E-state index contributed by atoms with van der Waals surface area (Å²) in [6.45, 7) is 4.10. The van der Waals surface area contributed by atoms with Crippen LogP contribution in [0.15, 0.2) is 47.4 Å². The molecule has 2 aliphatic rings. The number of likely N-dealkylation sites (tertiary alicyclic amines) is 1. The minimum Gasteiger partial charge on any atom is -0.385 e. The number of H-pyrrole nitrogens is 1. The van der Waals surface area contributed by atoms with E-state index < -0.39 is 0 Å². The van der Waals surface area contributed by atoms with E-state index >= 15 is 0 Å².